The van der Waals surface area contributed by atoms with Gasteiger partial charge in [0.05, 0.1) is 29.7 Å². The standard InChI is InChI=1S/C17H20N2O3/c1-11-12(8-9-14(18-11)16-7-4-10-22-16)17(21)19-13-5-2-3-6-15(13)20/h4,7-10,13,15,20H,2-3,5-6H2,1H3,(H,19,21). The lowest BCUT2D eigenvalue weighted by atomic mass is 9.92. The third-order valence-corrected chi connectivity index (χ3v) is 4.15. The maximum absolute atomic E-state index is 12.4. The SMILES string of the molecule is Cc1nc(-c2ccco2)ccc1C(=O)NC1CCCCC1O. The molecule has 0 bridgehead atoms. The average Bonchev–Trinajstić information content (AvgIpc) is 3.03. The molecule has 2 N–H and O–H groups in total. The molecule has 0 spiro atoms. The Balaban J connectivity index is 1.75. The number of aryl methyl sites for hydroxylation is 1. The molecule has 2 unspecified atom stereocenters. The van der Waals surface area contributed by atoms with E-state index in [1.807, 2.05) is 6.07 Å². The largest absolute Gasteiger partial charge is 0.463 e. The summed E-state index contributed by atoms with van der Waals surface area (Å²) in [6, 6.07) is 7.01. The van der Waals surface area contributed by atoms with E-state index in [2.05, 4.69) is 10.3 Å². The minimum Gasteiger partial charge on any atom is -0.463 e. The first-order valence-corrected chi connectivity index (χ1v) is 7.65. The van der Waals surface area contributed by atoms with Gasteiger partial charge in [-0.3, -0.25) is 4.79 Å². The summed E-state index contributed by atoms with van der Waals surface area (Å²) < 4.78 is 5.31. The van der Waals surface area contributed by atoms with Crippen LogP contribution in [0.4, 0.5) is 0 Å². The minimum absolute atomic E-state index is 0.162. The van der Waals surface area contributed by atoms with Crippen molar-refractivity contribution in [3.05, 3.63) is 41.8 Å². The predicted molar refractivity (Wildman–Crippen MR) is 82.4 cm³/mol. The van der Waals surface area contributed by atoms with Gasteiger partial charge in [-0.1, -0.05) is 12.8 Å². The van der Waals surface area contributed by atoms with Crippen molar-refractivity contribution in [3.8, 4) is 11.5 Å². The van der Waals surface area contributed by atoms with Gasteiger partial charge in [-0.25, -0.2) is 4.98 Å². The zero-order valence-electron chi connectivity index (χ0n) is 12.6. The smallest absolute Gasteiger partial charge is 0.253 e. The van der Waals surface area contributed by atoms with Crippen molar-refractivity contribution < 1.29 is 14.3 Å². The molecule has 3 rings (SSSR count). The topological polar surface area (TPSA) is 75.4 Å². The summed E-state index contributed by atoms with van der Waals surface area (Å²) in [5.74, 6) is 0.500. The van der Waals surface area contributed by atoms with Crippen molar-refractivity contribution in [2.75, 3.05) is 0 Å². The maximum atomic E-state index is 12.4. The fourth-order valence-electron chi connectivity index (χ4n) is 2.89. The molecule has 0 aromatic carbocycles. The van der Waals surface area contributed by atoms with Crippen LogP contribution in [0, 0.1) is 6.92 Å². The lowest BCUT2D eigenvalue weighted by Crippen LogP contribution is -2.45. The van der Waals surface area contributed by atoms with Crippen LogP contribution in [0.5, 0.6) is 0 Å². The zero-order valence-corrected chi connectivity index (χ0v) is 12.6. The first kappa shape index (κ1) is 14.8. The number of nitrogens with zero attached hydrogens (tertiary/aromatic N) is 1. The van der Waals surface area contributed by atoms with Crippen molar-refractivity contribution in [1.29, 1.82) is 0 Å². The number of aliphatic hydroxyl groups excluding tert-OH is 1. The van der Waals surface area contributed by atoms with Gasteiger partial charge in [-0.15, -0.1) is 0 Å². The van der Waals surface area contributed by atoms with Gasteiger partial charge >= 0.3 is 0 Å². The number of furan rings is 1. The molecule has 1 aliphatic rings. The van der Waals surface area contributed by atoms with Crippen molar-refractivity contribution in [1.82, 2.24) is 10.3 Å². The van der Waals surface area contributed by atoms with E-state index in [1.165, 1.54) is 0 Å². The quantitative estimate of drug-likeness (QED) is 0.914. The Morgan fingerprint density at radius 2 is 2.14 bits per heavy atom. The molecule has 1 saturated carbocycles. The fourth-order valence-corrected chi connectivity index (χ4v) is 2.89. The average molecular weight is 300 g/mol. The molecule has 2 atom stereocenters. The van der Waals surface area contributed by atoms with Crippen LogP contribution in [-0.4, -0.2) is 28.1 Å². The first-order chi connectivity index (χ1) is 10.6. The molecule has 0 radical (unpaired) electrons. The minimum atomic E-state index is -0.451. The van der Waals surface area contributed by atoms with E-state index in [0.717, 1.165) is 25.7 Å². The van der Waals surface area contributed by atoms with Gasteiger partial charge in [0.25, 0.3) is 5.91 Å². The molecule has 116 valence electrons. The number of pyridine rings is 1. The molecule has 0 aliphatic heterocycles. The Hall–Kier alpha value is -2.14. The molecule has 5 nitrogen and oxygen atoms in total. The van der Waals surface area contributed by atoms with Gasteiger partial charge in [0, 0.05) is 0 Å². The van der Waals surface area contributed by atoms with Gasteiger partial charge < -0.3 is 14.8 Å². The number of carbonyl (C=O) groups is 1. The molecule has 0 saturated heterocycles. The molecule has 22 heavy (non-hydrogen) atoms. The highest BCUT2D eigenvalue weighted by Gasteiger charge is 2.25. The van der Waals surface area contributed by atoms with E-state index in [4.69, 9.17) is 4.42 Å². The summed E-state index contributed by atoms with van der Waals surface area (Å²) >= 11 is 0. The summed E-state index contributed by atoms with van der Waals surface area (Å²) in [6.45, 7) is 1.80. The highest BCUT2D eigenvalue weighted by Crippen LogP contribution is 2.21. The van der Waals surface area contributed by atoms with Gasteiger partial charge in [0.15, 0.2) is 5.76 Å². The van der Waals surface area contributed by atoms with Gasteiger partial charge in [-0.05, 0) is 44.0 Å². The van der Waals surface area contributed by atoms with E-state index >= 15 is 0 Å². The summed E-state index contributed by atoms with van der Waals surface area (Å²) in [5, 5.41) is 12.9. The fraction of sp³-hybridized carbons (Fsp3) is 0.412. The molecule has 2 heterocycles. The predicted octanol–water partition coefficient (Wildman–Crippen LogP) is 2.68. The Morgan fingerprint density at radius 3 is 2.82 bits per heavy atom. The van der Waals surface area contributed by atoms with E-state index < -0.39 is 6.10 Å². The summed E-state index contributed by atoms with van der Waals surface area (Å²) in [5.41, 5.74) is 1.89. The molecule has 2 aromatic heterocycles. The van der Waals surface area contributed by atoms with Crippen molar-refractivity contribution >= 4 is 5.91 Å². The van der Waals surface area contributed by atoms with E-state index in [0.29, 0.717) is 22.7 Å². The van der Waals surface area contributed by atoms with E-state index in [9.17, 15) is 9.90 Å². The van der Waals surface area contributed by atoms with Crippen LogP contribution in [-0.2, 0) is 0 Å². The number of rotatable bonds is 3. The molecule has 1 aliphatic carbocycles. The summed E-state index contributed by atoms with van der Waals surface area (Å²) in [6.07, 6.45) is 4.78. The van der Waals surface area contributed by atoms with Crippen LogP contribution in [0.15, 0.2) is 34.9 Å². The van der Waals surface area contributed by atoms with Crippen LogP contribution in [0.25, 0.3) is 11.5 Å². The van der Waals surface area contributed by atoms with Crippen LogP contribution < -0.4 is 5.32 Å². The van der Waals surface area contributed by atoms with Crippen molar-refractivity contribution in [3.63, 3.8) is 0 Å². The second kappa shape index (κ2) is 6.32. The van der Waals surface area contributed by atoms with E-state index in [-0.39, 0.29) is 11.9 Å². The Bertz CT molecular complexity index is 652. The number of hydrogen-bond donors (Lipinski definition) is 2. The second-order valence-electron chi connectivity index (χ2n) is 5.74. The highest BCUT2D eigenvalue weighted by molar-refractivity contribution is 5.95. The molecule has 1 fully saturated rings. The lowest BCUT2D eigenvalue weighted by Gasteiger charge is -2.28. The third kappa shape index (κ3) is 3.04. The Kier molecular flexibility index (Phi) is 4.24. The number of amides is 1. The van der Waals surface area contributed by atoms with Crippen molar-refractivity contribution in [2.45, 2.75) is 44.8 Å². The van der Waals surface area contributed by atoms with Gasteiger partial charge in [0.1, 0.15) is 5.69 Å². The number of aliphatic hydroxyl groups is 1. The zero-order chi connectivity index (χ0) is 15.5. The Morgan fingerprint density at radius 1 is 1.32 bits per heavy atom. The van der Waals surface area contributed by atoms with Crippen LogP contribution in [0.1, 0.15) is 41.7 Å². The summed E-state index contributed by atoms with van der Waals surface area (Å²) in [4.78, 5) is 16.8. The molecular weight excluding hydrogens is 280 g/mol. The van der Waals surface area contributed by atoms with E-state index in [1.54, 1.807) is 31.4 Å². The van der Waals surface area contributed by atoms with Gasteiger partial charge in [-0.2, -0.15) is 0 Å². The highest BCUT2D eigenvalue weighted by atomic mass is 16.3. The number of carbonyl (C=O) groups excluding carboxylic acids is 1. The molecule has 2 aromatic rings. The van der Waals surface area contributed by atoms with Crippen LogP contribution in [0.3, 0.4) is 0 Å². The maximum Gasteiger partial charge on any atom is 0.253 e. The second-order valence-corrected chi connectivity index (χ2v) is 5.74. The Labute approximate surface area is 129 Å². The van der Waals surface area contributed by atoms with Gasteiger partial charge in [0.2, 0.25) is 0 Å². The first-order valence-electron chi connectivity index (χ1n) is 7.65. The normalized spacial score (nSPS) is 21.5. The number of hydrogen-bond acceptors (Lipinski definition) is 4. The van der Waals surface area contributed by atoms with Crippen molar-refractivity contribution in [2.24, 2.45) is 0 Å². The summed E-state index contributed by atoms with van der Waals surface area (Å²) in [7, 11) is 0. The molecule has 5 heteroatoms. The van der Waals surface area contributed by atoms with Crippen LogP contribution >= 0.6 is 0 Å². The molecule has 1 amide bonds. The lowest BCUT2D eigenvalue weighted by molar-refractivity contribution is 0.0716. The number of aromatic nitrogens is 1. The number of nitrogens with one attached hydrogen (secondary N) is 1. The van der Waals surface area contributed by atoms with Crippen LogP contribution in [0.2, 0.25) is 0 Å². The third-order valence-electron chi connectivity index (χ3n) is 4.15. The monoisotopic (exact) mass is 300 g/mol. The molecular formula is C17H20N2O3.